The zero-order valence-electron chi connectivity index (χ0n) is 10.9. The summed E-state index contributed by atoms with van der Waals surface area (Å²) < 4.78 is 0. The number of anilines is 1. The Morgan fingerprint density at radius 2 is 1.89 bits per heavy atom. The van der Waals surface area contributed by atoms with E-state index in [0.29, 0.717) is 6.54 Å². The highest BCUT2D eigenvalue weighted by Gasteiger charge is 2.18. The van der Waals surface area contributed by atoms with Crippen molar-refractivity contribution in [1.29, 1.82) is 0 Å². The van der Waals surface area contributed by atoms with Crippen LogP contribution in [0.25, 0.3) is 0 Å². The molecule has 5 heteroatoms. The highest BCUT2D eigenvalue weighted by Crippen LogP contribution is 2.12. The van der Waals surface area contributed by atoms with Gasteiger partial charge in [-0.3, -0.25) is 9.69 Å². The van der Waals surface area contributed by atoms with Crippen LogP contribution in [0.15, 0.2) is 30.3 Å². The normalized spacial score (nSPS) is 11.5. The molecule has 0 bridgehead atoms. The van der Waals surface area contributed by atoms with E-state index in [9.17, 15) is 9.59 Å². The minimum atomic E-state index is -0.555. The van der Waals surface area contributed by atoms with E-state index < -0.39 is 6.04 Å². The molecule has 0 heterocycles. The number of carbonyl (C=O) groups is 2. The molecule has 0 aliphatic carbocycles. The molecule has 0 saturated carbocycles. The quantitative estimate of drug-likeness (QED) is 0.846. The van der Waals surface area contributed by atoms with Gasteiger partial charge in [-0.25, -0.2) is 4.79 Å². The molecular weight excluding hydrogens is 230 g/mol. The second kappa shape index (κ2) is 6.64. The highest BCUT2D eigenvalue weighted by atomic mass is 16.2. The Balaban J connectivity index is 2.72. The largest absolute Gasteiger partial charge is 0.357 e. The van der Waals surface area contributed by atoms with Crippen LogP contribution in [-0.4, -0.2) is 31.6 Å². The van der Waals surface area contributed by atoms with Gasteiger partial charge >= 0.3 is 6.03 Å². The van der Waals surface area contributed by atoms with Crippen molar-refractivity contribution >= 4 is 17.6 Å². The van der Waals surface area contributed by atoms with Gasteiger partial charge in [0.15, 0.2) is 0 Å². The number of urea groups is 1. The van der Waals surface area contributed by atoms with Crippen LogP contribution in [0, 0.1) is 0 Å². The van der Waals surface area contributed by atoms with Gasteiger partial charge in [0, 0.05) is 19.3 Å². The smallest absolute Gasteiger partial charge is 0.322 e. The molecule has 98 valence electrons. The van der Waals surface area contributed by atoms with Gasteiger partial charge in [0.05, 0.1) is 0 Å². The topological polar surface area (TPSA) is 61.4 Å². The third-order valence-corrected chi connectivity index (χ3v) is 2.61. The van der Waals surface area contributed by atoms with Crippen molar-refractivity contribution in [3.8, 4) is 0 Å². The molecule has 0 aromatic heterocycles. The molecule has 1 aromatic carbocycles. The molecule has 0 aliphatic heterocycles. The van der Waals surface area contributed by atoms with Crippen LogP contribution >= 0.6 is 0 Å². The summed E-state index contributed by atoms with van der Waals surface area (Å²) >= 11 is 0. The van der Waals surface area contributed by atoms with Crippen LogP contribution in [0.5, 0.6) is 0 Å². The number of amides is 3. The fourth-order valence-electron chi connectivity index (χ4n) is 1.60. The molecule has 18 heavy (non-hydrogen) atoms. The summed E-state index contributed by atoms with van der Waals surface area (Å²) in [6.45, 7) is 4.07. The first-order chi connectivity index (χ1) is 8.60. The molecule has 2 N–H and O–H groups in total. The summed E-state index contributed by atoms with van der Waals surface area (Å²) in [5.74, 6) is -0.215. The van der Waals surface area contributed by atoms with E-state index in [4.69, 9.17) is 0 Å². The molecule has 0 radical (unpaired) electrons. The fraction of sp³-hybridized carbons (Fsp3) is 0.385. The van der Waals surface area contributed by atoms with Gasteiger partial charge in [-0.05, 0) is 26.0 Å². The number of carbonyl (C=O) groups excluding carboxylic acids is 2. The second-order valence-electron chi connectivity index (χ2n) is 3.87. The molecule has 0 unspecified atom stereocenters. The predicted octanol–water partition coefficient (Wildman–Crippen LogP) is 1.36. The van der Waals surface area contributed by atoms with Crippen molar-refractivity contribution in [3.63, 3.8) is 0 Å². The minimum Gasteiger partial charge on any atom is -0.357 e. The number of hydrogen-bond donors (Lipinski definition) is 2. The lowest BCUT2D eigenvalue weighted by molar-refractivity contribution is -0.122. The van der Waals surface area contributed by atoms with E-state index in [-0.39, 0.29) is 11.9 Å². The van der Waals surface area contributed by atoms with Crippen LogP contribution in [-0.2, 0) is 4.79 Å². The van der Waals surface area contributed by atoms with Crippen LogP contribution < -0.4 is 15.5 Å². The average Bonchev–Trinajstić information content (AvgIpc) is 2.39. The first-order valence-corrected chi connectivity index (χ1v) is 5.94. The lowest BCUT2D eigenvalue weighted by atomic mass is 10.3. The maximum atomic E-state index is 12.0. The van der Waals surface area contributed by atoms with Crippen molar-refractivity contribution in [2.75, 3.05) is 18.5 Å². The summed E-state index contributed by atoms with van der Waals surface area (Å²) in [6.07, 6.45) is 0. The lowest BCUT2D eigenvalue weighted by Crippen LogP contribution is -2.49. The molecule has 3 amide bonds. The summed E-state index contributed by atoms with van der Waals surface area (Å²) in [6, 6.07) is 8.50. The van der Waals surface area contributed by atoms with Crippen molar-refractivity contribution in [1.82, 2.24) is 10.6 Å². The molecule has 1 aromatic rings. The van der Waals surface area contributed by atoms with E-state index in [2.05, 4.69) is 10.6 Å². The highest BCUT2D eigenvalue weighted by molar-refractivity contribution is 5.95. The predicted molar refractivity (Wildman–Crippen MR) is 71.5 cm³/mol. The maximum absolute atomic E-state index is 12.0. The van der Waals surface area contributed by atoms with Gasteiger partial charge in [0.1, 0.15) is 6.04 Å². The Bertz CT molecular complexity index is 406. The standard InChI is InChI=1S/C13H19N3O2/c1-4-16(11-8-6-5-7-9-11)13(18)15-10(2)12(17)14-3/h5-10H,4H2,1-3H3,(H,14,17)(H,15,18)/t10-/m0/s1. The van der Waals surface area contributed by atoms with Gasteiger partial charge in [-0.1, -0.05) is 18.2 Å². The number of benzene rings is 1. The summed E-state index contributed by atoms with van der Waals surface area (Å²) in [5.41, 5.74) is 0.807. The minimum absolute atomic E-state index is 0.215. The zero-order valence-corrected chi connectivity index (χ0v) is 10.9. The number of hydrogen-bond acceptors (Lipinski definition) is 2. The van der Waals surface area contributed by atoms with Crippen molar-refractivity contribution < 1.29 is 9.59 Å². The van der Waals surface area contributed by atoms with E-state index in [0.717, 1.165) is 5.69 Å². The number of nitrogens with one attached hydrogen (secondary N) is 2. The summed E-state index contributed by atoms with van der Waals surface area (Å²) in [5, 5.41) is 5.15. The monoisotopic (exact) mass is 249 g/mol. The Hall–Kier alpha value is -2.04. The molecule has 1 rings (SSSR count). The number of nitrogens with zero attached hydrogens (tertiary/aromatic N) is 1. The summed E-state index contributed by atoms with van der Waals surface area (Å²) in [4.78, 5) is 25.0. The number of rotatable bonds is 4. The average molecular weight is 249 g/mol. The number of para-hydroxylation sites is 1. The van der Waals surface area contributed by atoms with Gasteiger partial charge in [0.2, 0.25) is 5.91 Å². The van der Waals surface area contributed by atoms with Crippen LogP contribution in [0.1, 0.15) is 13.8 Å². The Labute approximate surface area is 107 Å². The molecule has 0 aliphatic rings. The third-order valence-electron chi connectivity index (χ3n) is 2.61. The first kappa shape index (κ1) is 14.0. The van der Waals surface area contributed by atoms with E-state index in [1.807, 2.05) is 37.3 Å². The Kier molecular flexibility index (Phi) is 5.17. The van der Waals surface area contributed by atoms with Crippen molar-refractivity contribution in [2.45, 2.75) is 19.9 Å². The third kappa shape index (κ3) is 3.48. The van der Waals surface area contributed by atoms with Crippen molar-refractivity contribution in [2.24, 2.45) is 0 Å². The van der Waals surface area contributed by atoms with E-state index >= 15 is 0 Å². The van der Waals surface area contributed by atoms with Gasteiger partial charge in [0.25, 0.3) is 0 Å². The Morgan fingerprint density at radius 3 is 2.39 bits per heavy atom. The van der Waals surface area contributed by atoms with E-state index in [1.165, 1.54) is 0 Å². The Morgan fingerprint density at radius 1 is 1.28 bits per heavy atom. The first-order valence-electron chi connectivity index (χ1n) is 5.94. The second-order valence-corrected chi connectivity index (χ2v) is 3.87. The molecule has 0 spiro atoms. The molecule has 5 nitrogen and oxygen atoms in total. The van der Waals surface area contributed by atoms with Crippen LogP contribution in [0.3, 0.4) is 0 Å². The van der Waals surface area contributed by atoms with Gasteiger partial charge in [-0.2, -0.15) is 0 Å². The van der Waals surface area contributed by atoms with Crippen LogP contribution in [0.4, 0.5) is 10.5 Å². The SMILES string of the molecule is CCN(C(=O)N[C@@H](C)C(=O)NC)c1ccccc1. The fourth-order valence-corrected chi connectivity index (χ4v) is 1.60. The van der Waals surface area contributed by atoms with E-state index in [1.54, 1.807) is 18.9 Å². The molecular formula is C13H19N3O2. The van der Waals surface area contributed by atoms with Gasteiger partial charge in [-0.15, -0.1) is 0 Å². The van der Waals surface area contributed by atoms with Gasteiger partial charge < -0.3 is 10.6 Å². The van der Waals surface area contributed by atoms with Crippen molar-refractivity contribution in [3.05, 3.63) is 30.3 Å². The molecule has 1 atom stereocenters. The number of likely N-dealkylation sites (N-methyl/N-ethyl adjacent to an activating group) is 1. The maximum Gasteiger partial charge on any atom is 0.322 e. The zero-order chi connectivity index (χ0) is 13.5. The molecule has 0 saturated heterocycles. The van der Waals surface area contributed by atoms with Crippen LogP contribution in [0.2, 0.25) is 0 Å². The molecule has 0 fully saturated rings. The lowest BCUT2D eigenvalue weighted by Gasteiger charge is -2.23. The summed E-state index contributed by atoms with van der Waals surface area (Å²) in [7, 11) is 1.54.